The van der Waals surface area contributed by atoms with E-state index in [-0.39, 0.29) is 5.91 Å². The number of hydrazone groups is 1. The molecule has 0 atom stereocenters. The van der Waals surface area contributed by atoms with Crippen molar-refractivity contribution in [3.8, 4) is 11.5 Å². The molecule has 0 bridgehead atoms. The summed E-state index contributed by atoms with van der Waals surface area (Å²) in [6, 6.07) is 21.7. The summed E-state index contributed by atoms with van der Waals surface area (Å²) in [6.45, 7) is 0.398. The van der Waals surface area contributed by atoms with E-state index in [9.17, 15) is 4.79 Å². The summed E-state index contributed by atoms with van der Waals surface area (Å²) in [5.41, 5.74) is 4.75. The summed E-state index contributed by atoms with van der Waals surface area (Å²) in [5, 5.41) is 4.66. The molecule has 6 heteroatoms. The van der Waals surface area contributed by atoms with Crippen LogP contribution in [-0.4, -0.2) is 19.2 Å². The summed E-state index contributed by atoms with van der Waals surface area (Å²) >= 11 is 5.85. The van der Waals surface area contributed by atoms with Crippen molar-refractivity contribution in [2.75, 3.05) is 7.11 Å². The van der Waals surface area contributed by atoms with Gasteiger partial charge in [-0.1, -0.05) is 35.9 Å². The Kier molecular flexibility index (Phi) is 6.65. The minimum atomic E-state index is -0.295. The van der Waals surface area contributed by atoms with Crippen molar-refractivity contribution in [1.82, 2.24) is 5.43 Å². The Labute approximate surface area is 168 Å². The number of nitrogens with zero attached hydrogens (tertiary/aromatic N) is 1. The number of ether oxygens (including phenoxy) is 2. The number of carbonyl (C=O) groups is 1. The van der Waals surface area contributed by atoms with E-state index in [4.69, 9.17) is 21.1 Å². The minimum Gasteiger partial charge on any atom is -0.496 e. The van der Waals surface area contributed by atoms with Gasteiger partial charge < -0.3 is 9.47 Å². The molecule has 0 aliphatic carbocycles. The molecule has 3 rings (SSSR count). The van der Waals surface area contributed by atoms with E-state index in [2.05, 4.69) is 10.5 Å². The fourth-order valence-electron chi connectivity index (χ4n) is 2.45. The van der Waals surface area contributed by atoms with Gasteiger partial charge in [-0.3, -0.25) is 4.79 Å². The Morgan fingerprint density at radius 1 is 1.04 bits per heavy atom. The average Bonchev–Trinajstić information content (AvgIpc) is 2.74. The van der Waals surface area contributed by atoms with Crippen LogP contribution in [-0.2, 0) is 6.61 Å². The van der Waals surface area contributed by atoms with Crippen molar-refractivity contribution in [2.24, 2.45) is 5.10 Å². The highest BCUT2D eigenvalue weighted by Gasteiger charge is 2.05. The normalized spacial score (nSPS) is 10.6. The van der Waals surface area contributed by atoms with Crippen molar-refractivity contribution < 1.29 is 14.3 Å². The molecule has 1 N–H and O–H groups in total. The number of para-hydroxylation sites is 1. The Hall–Kier alpha value is -3.31. The zero-order valence-corrected chi connectivity index (χ0v) is 16.0. The van der Waals surface area contributed by atoms with Crippen molar-refractivity contribution in [2.45, 2.75) is 6.61 Å². The van der Waals surface area contributed by atoms with Crippen LogP contribution in [0.5, 0.6) is 11.5 Å². The highest BCUT2D eigenvalue weighted by Crippen LogP contribution is 2.17. The quantitative estimate of drug-likeness (QED) is 0.467. The van der Waals surface area contributed by atoms with E-state index in [1.807, 2.05) is 48.5 Å². The van der Waals surface area contributed by atoms with E-state index in [0.29, 0.717) is 22.9 Å². The van der Waals surface area contributed by atoms with E-state index in [1.165, 1.54) is 0 Å². The number of benzene rings is 3. The lowest BCUT2D eigenvalue weighted by atomic mass is 10.1. The second kappa shape index (κ2) is 9.58. The van der Waals surface area contributed by atoms with Gasteiger partial charge in [0.2, 0.25) is 0 Å². The second-order valence-corrected chi connectivity index (χ2v) is 6.32. The van der Waals surface area contributed by atoms with E-state index >= 15 is 0 Å². The van der Waals surface area contributed by atoms with Crippen LogP contribution in [0.2, 0.25) is 5.02 Å². The van der Waals surface area contributed by atoms with E-state index in [0.717, 1.165) is 16.9 Å². The predicted molar refractivity (Wildman–Crippen MR) is 110 cm³/mol. The van der Waals surface area contributed by atoms with Gasteiger partial charge in [0.1, 0.15) is 18.1 Å². The Morgan fingerprint density at radius 2 is 1.75 bits per heavy atom. The average molecular weight is 395 g/mol. The van der Waals surface area contributed by atoms with Gasteiger partial charge in [0, 0.05) is 16.1 Å². The molecule has 28 heavy (non-hydrogen) atoms. The molecule has 0 aliphatic heterocycles. The van der Waals surface area contributed by atoms with Crippen LogP contribution in [0.15, 0.2) is 77.9 Å². The molecule has 3 aromatic rings. The van der Waals surface area contributed by atoms with Gasteiger partial charge in [0.05, 0.1) is 13.3 Å². The number of carbonyl (C=O) groups excluding carboxylic acids is 1. The van der Waals surface area contributed by atoms with Gasteiger partial charge in [-0.05, 0) is 54.1 Å². The monoisotopic (exact) mass is 394 g/mol. The highest BCUT2D eigenvalue weighted by molar-refractivity contribution is 6.30. The van der Waals surface area contributed by atoms with Gasteiger partial charge in [0.15, 0.2) is 0 Å². The third kappa shape index (κ3) is 5.34. The summed E-state index contributed by atoms with van der Waals surface area (Å²) in [6.07, 6.45) is 1.55. The molecule has 0 fully saturated rings. The lowest BCUT2D eigenvalue weighted by Crippen LogP contribution is -2.17. The maximum absolute atomic E-state index is 12.2. The molecule has 0 saturated carbocycles. The Balaban J connectivity index is 1.54. The Bertz CT molecular complexity index is 954. The number of nitrogens with one attached hydrogen (secondary N) is 1. The van der Waals surface area contributed by atoms with E-state index < -0.39 is 0 Å². The van der Waals surface area contributed by atoms with Crippen LogP contribution in [0.4, 0.5) is 0 Å². The number of methoxy groups -OCH3 is 1. The smallest absolute Gasteiger partial charge is 0.271 e. The van der Waals surface area contributed by atoms with Crippen LogP contribution in [0.3, 0.4) is 0 Å². The van der Waals surface area contributed by atoms with Crippen molar-refractivity contribution in [1.29, 1.82) is 0 Å². The molecule has 0 saturated heterocycles. The molecule has 142 valence electrons. The number of rotatable bonds is 7. The first-order valence-electron chi connectivity index (χ1n) is 8.59. The molecular weight excluding hydrogens is 376 g/mol. The molecule has 0 heterocycles. The van der Waals surface area contributed by atoms with Crippen LogP contribution in [0.25, 0.3) is 0 Å². The summed E-state index contributed by atoms with van der Waals surface area (Å²) in [7, 11) is 1.59. The van der Waals surface area contributed by atoms with Crippen molar-refractivity contribution in [3.05, 3.63) is 94.5 Å². The molecule has 3 aromatic carbocycles. The molecule has 0 unspecified atom stereocenters. The van der Waals surface area contributed by atoms with Gasteiger partial charge in [0.25, 0.3) is 5.91 Å². The van der Waals surface area contributed by atoms with Crippen LogP contribution in [0, 0.1) is 0 Å². The number of halogens is 1. The van der Waals surface area contributed by atoms with Crippen LogP contribution < -0.4 is 14.9 Å². The lowest BCUT2D eigenvalue weighted by molar-refractivity contribution is 0.0955. The number of hydrogen-bond donors (Lipinski definition) is 1. The minimum absolute atomic E-state index is 0.295. The standard InChI is InChI=1S/C22H19ClN2O3/c1-27-21-5-3-2-4-18(21)14-24-25-22(26)17-8-6-16(7-9-17)15-28-20-12-10-19(23)11-13-20/h2-14H,15H2,1H3,(H,25,26)/b24-14+. The molecular formula is C22H19ClN2O3. The fourth-order valence-corrected chi connectivity index (χ4v) is 2.57. The van der Waals surface area contributed by atoms with Crippen LogP contribution >= 0.6 is 11.6 Å². The summed E-state index contributed by atoms with van der Waals surface area (Å²) in [5.74, 6) is 1.12. The summed E-state index contributed by atoms with van der Waals surface area (Å²) < 4.78 is 10.9. The highest BCUT2D eigenvalue weighted by atomic mass is 35.5. The predicted octanol–water partition coefficient (Wildman–Crippen LogP) is 4.69. The van der Waals surface area contributed by atoms with Crippen molar-refractivity contribution in [3.63, 3.8) is 0 Å². The molecule has 0 spiro atoms. The maximum Gasteiger partial charge on any atom is 0.271 e. The van der Waals surface area contributed by atoms with Crippen molar-refractivity contribution >= 4 is 23.7 Å². The zero-order chi connectivity index (χ0) is 19.8. The van der Waals surface area contributed by atoms with E-state index in [1.54, 1.807) is 37.6 Å². The fraction of sp³-hybridized carbons (Fsp3) is 0.0909. The largest absolute Gasteiger partial charge is 0.496 e. The first-order valence-corrected chi connectivity index (χ1v) is 8.97. The molecule has 0 aliphatic rings. The SMILES string of the molecule is COc1ccccc1/C=N/NC(=O)c1ccc(COc2ccc(Cl)cc2)cc1. The molecule has 5 nitrogen and oxygen atoms in total. The molecule has 0 aromatic heterocycles. The second-order valence-electron chi connectivity index (χ2n) is 5.88. The topological polar surface area (TPSA) is 59.9 Å². The number of amides is 1. The third-order valence-electron chi connectivity index (χ3n) is 3.94. The van der Waals surface area contributed by atoms with Gasteiger partial charge in [-0.2, -0.15) is 5.10 Å². The Morgan fingerprint density at radius 3 is 2.46 bits per heavy atom. The van der Waals surface area contributed by atoms with Crippen LogP contribution in [0.1, 0.15) is 21.5 Å². The first-order chi connectivity index (χ1) is 13.7. The zero-order valence-electron chi connectivity index (χ0n) is 15.3. The molecule has 0 radical (unpaired) electrons. The molecule has 1 amide bonds. The lowest BCUT2D eigenvalue weighted by Gasteiger charge is -2.07. The van der Waals surface area contributed by atoms with Gasteiger partial charge in [-0.25, -0.2) is 5.43 Å². The summed E-state index contributed by atoms with van der Waals surface area (Å²) in [4.78, 5) is 12.2. The van der Waals surface area contributed by atoms with Gasteiger partial charge in [-0.15, -0.1) is 0 Å². The maximum atomic E-state index is 12.2. The third-order valence-corrected chi connectivity index (χ3v) is 4.20. The van der Waals surface area contributed by atoms with Gasteiger partial charge >= 0.3 is 0 Å². The first kappa shape index (κ1) is 19.5. The number of hydrogen-bond acceptors (Lipinski definition) is 4.